The first-order valence-electron chi connectivity index (χ1n) is 3.84. The van der Waals surface area contributed by atoms with Gasteiger partial charge in [0.1, 0.15) is 0 Å². The molecule has 0 aliphatic heterocycles. The van der Waals surface area contributed by atoms with E-state index < -0.39 is 0 Å². The molecule has 2 nitrogen and oxygen atoms in total. The Morgan fingerprint density at radius 2 is 2.08 bits per heavy atom. The molecule has 0 saturated carbocycles. The van der Waals surface area contributed by atoms with E-state index in [1.807, 2.05) is 13.0 Å². The summed E-state index contributed by atoms with van der Waals surface area (Å²) in [7, 11) is 0. The highest BCUT2D eigenvalue weighted by atomic mass is 35.5. The van der Waals surface area contributed by atoms with E-state index in [9.17, 15) is 0 Å². The zero-order chi connectivity index (χ0) is 8.27. The van der Waals surface area contributed by atoms with E-state index in [2.05, 4.69) is 24.5 Å². The lowest BCUT2D eigenvalue weighted by atomic mass is 10.1. The standard InChI is InChI=1S/C9H14N2.ClH/c1-3-8-6-4-5-7(2)9(8)11-10;/h4-6,11H,3,10H2,1-2H3;1H. The average molecular weight is 187 g/mol. The third-order valence-corrected chi connectivity index (χ3v) is 1.88. The number of rotatable bonds is 2. The van der Waals surface area contributed by atoms with Gasteiger partial charge in [-0.3, -0.25) is 5.84 Å². The first kappa shape index (κ1) is 11.3. The molecule has 0 fully saturated rings. The Bertz CT molecular complexity index is 248. The van der Waals surface area contributed by atoms with E-state index in [0.29, 0.717) is 0 Å². The van der Waals surface area contributed by atoms with Gasteiger partial charge in [-0.1, -0.05) is 25.1 Å². The van der Waals surface area contributed by atoms with Gasteiger partial charge in [0.15, 0.2) is 0 Å². The normalized spacial score (nSPS) is 8.92. The highest BCUT2D eigenvalue weighted by Gasteiger charge is 1.99. The molecule has 0 bridgehead atoms. The van der Waals surface area contributed by atoms with E-state index in [4.69, 9.17) is 5.84 Å². The second-order valence-corrected chi connectivity index (χ2v) is 2.61. The van der Waals surface area contributed by atoms with Crippen LogP contribution < -0.4 is 11.3 Å². The maximum atomic E-state index is 5.38. The second kappa shape index (κ2) is 5.01. The van der Waals surface area contributed by atoms with Crippen molar-refractivity contribution in [3.63, 3.8) is 0 Å². The fourth-order valence-corrected chi connectivity index (χ4v) is 1.23. The van der Waals surface area contributed by atoms with Gasteiger partial charge in [0, 0.05) is 0 Å². The quantitative estimate of drug-likeness (QED) is 0.550. The SMILES string of the molecule is CCc1cccc(C)c1NN.Cl. The van der Waals surface area contributed by atoms with Crippen LogP contribution in [0.5, 0.6) is 0 Å². The van der Waals surface area contributed by atoms with Crippen LogP contribution >= 0.6 is 12.4 Å². The fourth-order valence-electron chi connectivity index (χ4n) is 1.23. The van der Waals surface area contributed by atoms with Crippen LogP contribution in [-0.4, -0.2) is 0 Å². The summed E-state index contributed by atoms with van der Waals surface area (Å²) in [6.45, 7) is 4.17. The van der Waals surface area contributed by atoms with Gasteiger partial charge in [-0.25, -0.2) is 0 Å². The summed E-state index contributed by atoms with van der Waals surface area (Å²) in [6.07, 6.45) is 1.02. The predicted octanol–water partition coefficient (Wildman–Crippen LogP) is 2.26. The molecule has 0 amide bonds. The van der Waals surface area contributed by atoms with Crippen molar-refractivity contribution >= 4 is 18.1 Å². The minimum Gasteiger partial charge on any atom is -0.324 e. The van der Waals surface area contributed by atoms with Gasteiger partial charge in [-0.05, 0) is 24.5 Å². The summed E-state index contributed by atoms with van der Waals surface area (Å²) in [5, 5.41) is 0. The minimum atomic E-state index is 0. The van der Waals surface area contributed by atoms with Gasteiger partial charge in [0.25, 0.3) is 0 Å². The van der Waals surface area contributed by atoms with Gasteiger partial charge >= 0.3 is 0 Å². The number of anilines is 1. The van der Waals surface area contributed by atoms with Crippen LogP contribution in [-0.2, 0) is 6.42 Å². The zero-order valence-corrected chi connectivity index (χ0v) is 8.24. The van der Waals surface area contributed by atoms with Crippen LogP contribution in [0.2, 0.25) is 0 Å². The monoisotopic (exact) mass is 186 g/mol. The number of hydrogen-bond acceptors (Lipinski definition) is 2. The number of hydrogen-bond donors (Lipinski definition) is 2. The number of para-hydroxylation sites is 1. The molecular formula is C9H15ClN2. The molecular weight excluding hydrogens is 172 g/mol. The molecule has 0 aliphatic rings. The molecule has 3 N–H and O–H groups in total. The van der Waals surface area contributed by atoms with Crippen LogP contribution in [0.1, 0.15) is 18.1 Å². The first-order valence-corrected chi connectivity index (χ1v) is 3.84. The van der Waals surface area contributed by atoms with Crippen LogP contribution in [0.15, 0.2) is 18.2 Å². The van der Waals surface area contributed by atoms with Gasteiger partial charge in [-0.15, -0.1) is 12.4 Å². The number of nitrogens with one attached hydrogen (secondary N) is 1. The third kappa shape index (κ3) is 2.13. The van der Waals surface area contributed by atoms with Crippen molar-refractivity contribution in [3.8, 4) is 0 Å². The maximum Gasteiger partial charge on any atom is 0.0546 e. The van der Waals surface area contributed by atoms with Crippen molar-refractivity contribution in [1.29, 1.82) is 0 Å². The van der Waals surface area contributed by atoms with Crippen LogP contribution in [0.3, 0.4) is 0 Å². The Balaban J connectivity index is 0.00000121. The van der Waals surface area contributed by atoms with Crippen molar-refractivity contribution < 1.29 is 0 Å². The number of nitrogen functional groups attached to an aromatic ring is 1. The van der Waals surface area contributed by atoms with Gasteiger partial charge in [0.2, 0.25) is 0 Å². The Labute approximate surface area is 79.5 Å². The lowest BCUT2D eigenvalue weighted by Crippen LogP contribution is -2.10. The van der Waals surface area contributed by atoms with Crippen molar-refractivity contribution in [3.05, 3.63) is 29.3 Å². The van der Waals surface area contributed by atoms with E-state index in [1.54, 1.807) is 0 Å². The summed E-state index contributed by atoms with van der Waals surface area (Å²) in [5.41, 5.74) is 6.25. The fraction of sp³-hybridized carbons (Fsp3) is 0.333. The minimum absolute atomic E-state index is 0. The average Bonchev–Trinajstić information content (AvgIpc) is 2.04. The van der Waals surface area contributed by atoms with Crippen molar-refractivity contribution in [2.75, 3.05) is 5.43 Å². The molecule has 0 aromatic heterocycles. The highest BCUT2D eigenvalue weighted by molar-refractivity contribution is 5.85. The second-order valence-electron chi connectivity index (χ2n) is 2.61. The number of nitrogens with two attached hydrogens (primary N) is 1. The molecule has 1 rings (SSSR count). The Morgan fingerprint density at radius 1 is 1.42 bits per heavy atom. The van der Waals surface area contributed by atoms with Crippen molar-refractivity contribution in [1.82, 2.24) is 0 Å². The van der Waals surface area contributed by atoms with Crippen LogP contribution in [0, 0.1) is 6.92 Å². The van der Waals surface area contributed by atoms with Gasteiger partial charge in [-0.2, -0.15) is 0 Å². The Morgan fingerprint density at radius 3 is 2.50 bits per heavy atom. The number of halogens is 1. The molecule has 0 unspecified atom stereocenters. The van der Waals surface area contributed by atoms with Gasteiger partial charge < -0.3 is 5.43 Å². The summed E-state index contributed by atoms with van der Waals surface area (Å²) < 4.78 is 0. The molecule has 0 heterocycles. The summed E-state index contributed by atoms with van der Waals surface area (Å²) in [5.74, 6) is 5.38. The van der Waals surface area contributed by atoms with E-state index in [1.165, 1.54) is 11.1 Å². The van der Waals surface area contributed by atoms with Crippen molar-refractivity contribution in [2.45, 2.75) is 20.3 Å². The van der Waals surface area contributed by atoms with E-state index in [-0.39, 0.29) is 12.4 Å². The Hall–Kier alpha value is -0.730. The summed E-state index contributed by atoms with van der Waals surface area (Å²) in [6, 6.07) is 6.19. The molecule has 0 spiro atoms. The first-order chi connectivity index (χ1) is 5.29. The number of benzene rings is 1. The van der Waals surface area contributed by atoms with Gasteiger partial charge in [0.05, 0.1) is 5.69 Å². The molecule has 68 valence electrons. The van der Waals surface area contributed by atoms with E-state index in [0.717, 1.165) is 12.1 Å². The van der Waals surface area contributed by atoms with Crippen LogP contribution in [0.4, 0.5) is 5.69 Å². The molecule has 12 heavy (non-hydrogen) atoms. The molecule has 3 heteroatoms. The summed E-state index contributed by atoms with van der Waals surface area (Å²) >= 11 is 0. The maximum absolute atomic E-state index is 5.38. The third-order valence-electron chi connectivity index (χ3n) is 1.88. The molecule has 0 radical (unpaired) electrons. The summed E-state index contributed by atoms with van der Waals surface area (Å²) in [4.78, 5) is 0. The Kier molecular flexibility index (Phi) is 4.71. The molecule has 0 saturated heterocycles. The predicted molar refractivity (Wildman–Crippen MR) is 55.6 cm³/mol. The molecule has 1 aromatic carbocycles. The largest absolute Gasteiger partial charge is 0.324 e. The smallest absolute Gasteiger partial charge is 0.0546 e. The molecule has 0 atom stereocenters. The molecule has 0 aliphatic carbocycles. The lowest BCUT2D eigenvalue weighted by Gasteiger charge is -2.09. The topological polar surface area (TPSA) is 38.0 Å². The zero-order valence-electron chi connectivity index (χ0n) is 7.42. The lowest BCUT2D eigenvalue weighted by molar-refractivity contribution is 1.12. The van der Waals surface area contributed by atoms with Crippen molar-refractivity contribution in [2.24, 2.45) is 5.84 Å². The van der Waals surface area contributed by atoms with Crippen LogP contribution in [0.25, 0.3) is 0 Å². The number of aryl methyl sites for hydroxylation is 2. The highest BCUT2D eigenvalue weighted by Crippen LogP contribution is 2.19. The molecule has 1 aromatic rings. The van der Waals surface area contributed by atoms with E-state index >= 15 is 0 Å². The number of hydrazine groups is 1.